The highest BCUT2D eigenvalue weighted by atomic mass is 35.5. The molecule has 2 aromatic rings. The number of aromatic carboxylic acids is 1. The van der Waals surface area contributed by atoms with Gasteiger partial charge in [0, 0.05) is 5.02 Å². The summed E-state index contributed by atoms with van der Waals surface area (Å²) in [5.41, 5.74) is 0.173. The first-order chi connectivity index (χ1) is 9.02. The quantitative estimate of drug-likeness (QED) is 0.855. The van der Waals surface area contributed by atoms with Gasteiger partial charge in [-0.3, -0.25) is 0 Å². The van der Waals surface area contributed by atoms with Gasteiger partial charge in [0.1, 0.15) is 0 Å². The van der Waals surface area contributed by atoms with Gasteiger partial charge < -0.3 is 9.84 Å². The molecule has 1 aromatic carbocycles. The van der Waals surface area contributed by atoms with E-state index in [1.165, 1.54) is 31.5 Å². The van der Waals surface area contributed by atoms with E-state index < -0.39 is 11.9 Å². The minimum absolute atomic E-state index is 0.00860. The number of carbonyl (C=O) groups is 2. The molecular formula is C11H8ClN3O4. The number of hydrogen-bond acceptors (Lipinski definition) is 5. The number of rotatable bonds is 3. The number of ether oxygens (including phenoxy) is 1. The molecule has 0 atom stereocenters. The van der Waals surface area contributed by atoms with Crippen LogP contribution >= 0.6 is 11.6 Å². The lowest BCUT2D eigenvalue weighted by atomic mass is 10.2. The highest BCUT2D eigenvalue weighted by molar-refractivity contribution is 6.30. The van der Waals surface area contributed by atoms with Crippen LogP contribution in [0.25, 0.3) is 5.69 Å². The highest BCUT2D eigenvalue weighted by Crippen LogP contribution is 2.19. The number of aromatic nitrogens is 3. The predicted molar refractivity (Wildman–Crippen MR) is 64.7 cm³/mol. The molecule has 1 aromatic heterocycles. The molecule has 0 aliphatic rings. The fraction of sp³-hybridized carbons (Fsp3) is 0.0909. The molecule has 0 unspecified atom stereocenters. The molecule has 0 amide bonds. The molecule has 0 radical (unpaired) electrons. The van der Waals surface area contributed by atoms with Crippen LogP contribution in [0.3, 0.4) is 0 Å². The van der Waals surface area contributed by atoms with Crippen molar-refractivity contribution in [1.29, 1.82) is 0 Å². The van der Waals surface area contributed by atoms with Crippen LogP contribution in [-0.4, -0.2) is 39.1 Å². The van der Waals surface area contributed by atoms with Gasteiger partial charge in [0.15, 0.2) is 5.69 Å². The van der Waals surface area contributed by atoms with E-state index >= 15 is 0 Å². The van der Waals surface area contributed by atoms with Crippen LogP contribution in [0.15, 0.2) is 24.4 Å². The van der Waals surface area contributed by atoms with Crippen LogP contribution < -0.4 is 0 Å². The topological polar surface area (TPSA) is 94.3 Å². The third-order valence-electron chi connectivity index (χ3n) is 2.32. The third kappa shape index (κ3) is 2.55. The van der Waals surface area contributed by atoms with E-state index in [0.29, 0.717) is 5.02 Å². The molecule has 2 rings (SSSR count). The van der Waals surface area contributed by atoms with E-state index in [9.17, 15) is 9.59 Å². The zero-order chi connectivity index (χ0) is 14.0. The second kappa shape index (κ2) is 5.07. The van der Waals surface area contributed by atoms with Gasteiger partial charge in [0.25, 0.3) is 0 Å². The van der Waals surface area contributed by atoms with Crippen molar-refractivity contribution in [3.8, 4) is 5.69 Å². The zero-order valence-corrected chi connectivity index (χ0v) is 10.5. The Morgan fingerprint density at radius 2 is 2.16 bits per heavy atom. The number of nitrogens with zero attached hydrogens (tertiary/aromatic N) is 3. The van der Waals surface area contributed by atoms with E-state index in [1.807, 2.05) is 0 Å². The minimum atomic E-state index is -1.14. The van der Waals surface area contributed by atoms with Gasteiger partial charge in [-0.2, -0.15) is 0 Å². The molecule has 0 bridgehead atoms. The molecule has 1 heterocycles. The van der Waals surface area contributed by atoms with Crippen LogP contribution in [0.4, 0.5) is 0 Å². The van der Waals surface area contributed by atoms with Gasteiger partial charge in [-0.25, -0.2) is 14.3 Å². The number of benzene rings is 1. The van der Waals surface area contributed by atoms with Crippen molar-refractivity contribution in [2.75, 3.05) is 7.11 Å². The highest BCUT2D eigenvalue weighted by Gasteiger charge is 2.16. The average molecular weight is 282 g/mol. The van der Waals surface area contributed by atoms with Crippen LogP contribution in [0.1, 0.15) is 20.8 Å². The number of methoxy groups -OCH3 is 1. The molecule has 0 spiro atoms. The molecule has 7 nitrogen and oxygen atoms in total. The number of esters is 1. The Labute approximate surface area is 112 Å². The smallest absolute Gasteiger partial charge is 0.360 e. The summed E-state index contributed by atoms with van der Waals surface area (Å²) in [7, 11) is 1.21. The summed E-state index contributed by atoms with van der Waals surface area (Å²) in [6, 6.07) is 4.22. The number of carbonyl (C=O) groups excluding carboxylic acids is 1. The van der Waals surface area contributed by atoms with Crippen molar-refractivity contribution in [2.24, 2.45) is 0 Å². The van der Waals surface area contributed by atoms with Crippen LogP contribution in [0, 0.1) is 0 Å². The second-order valence-electron chi connectivity index (χ2n) is 3.51. The number of carboxylic acids is 1. The second-order valence-corrected chi connectivity index (χ2v) is 3.94. The molecule has 0 aliphatic heterocycles. The van der Waals surface area contributed by atoms with Crippen LogP contribution in [0.5, 0.6) is 0 Å². The maximum absolute atomic E-state index is 11.3. The van der Waals surface area contributed by atoms with Crippen LogP contribution in [0.2, 0.25) is 5.02 Å². The number of hydrogen-bond donors (Lipinski definition) is 1. The van der Waals surface area contributed by atoms with Crippen molar-refractivity contribution in [1.82, 2.24) is 15.0 Å². The standard InChI is InChI=1S/C11H8ClN3O4/c1-19-11(18)8-5-15(14-13-8)9-4-6(12)2-3-7(9)10(16)17/h2-5H,1H3,(H,16,17). The summed E-state index contributed by atoms with van der Waals surface area (Å²) < 4.78 is 5.64. The van der Waals surface area contributed by atoms with E-state index in [2.05, 4.69) is 15.0 Å². The largest absolute Gasteiger partial charge is 0.478 e. The Morgan fingerprint density at radius 3 is 2.79 bits per heavy atom. The van der Waals surface area contributed by atoms with E-state index in [1.54, 1.807) is 0 Å². The lowest BCUT2D eigenvalue weighted by molar-refractivity contribution is 0.0593. The van der Waals surface area contributed by atoms with Crippen LogP contribution in [-0.2, 0) is 4.74 Å². The van der Waals surface area contributed by atoms with Crippen molar-refractivity contribution in [3.05, 3.63) is 40.7 Å². The Kier molecular flexibility index (Phi) is 3.48. The maximum Gasteiger partial charge on any atom is 0.360 e. The Bertz CT molecular complexity index is 653. The van der Waals surface area contributed by atoms with Gasteiger partial charge in [-0.15, -0.1) is 5.10 Å². The summed E-state index contributed by atoms with van der Waals surface area (Å²) in [5.74, 6) is -1.80. The summed E-state index contributed by atoms with van der Waals surface area (Å²) in [5, 5.41) is 16.7. The number of halogens is 1. The maximum atomic E-state index is 11.3. The normalized spacial score (nSPS) is 10.2. The van der Waals surface area contributed by atoms with Crippen molar-refractivity contribution in [3.63, 3.8) is 0 Å². The Morgan fingerprint density at radius 1 is 1.42 bits per heavy atom. The summed E-state index contributed by atoms with van der Waals surface area (Å²) in [6.45, 7) is 0. The number of carboxylic acid groups (broad SMARTS) is 1. The zero-order valence-electron chi connectivity index (χ0n) is 9.70. The van der Waals surface area contributed by atoms with Crippen molar-refractivity contribution in [2.45, 2.75) is 0 Å². The van der Waals surface area contributed by atoms with E-state index in [-0.39, 0.29) is 16.9 Å². The summed E-state index contributed by atoms with van der Waals surface area (Å²) in [4.78, 5) is 22.4. The van der Waals surface area contributed by atoms with Crippen molar-refractivity contribution < 1.29 is 19.4 Å². The molecule has 8 heteroatoms. The summed E-state index contributed by atoms with van der Waals surface area (Å²) >= 11 is 5.82. The van der Waals surface area contributed by atoms with Gasteiger partial charge in [0.05, 0.1) is 24.6 Å². The Balaban J connectivity index is 2.52. The SMILES string of the molecule is COC(=O)c1cn(-c2cc(Cl)ccc2C(=O)O)nn1. The van der Waals surface area contributed by atoms with Gasteiger partial charge in [-0.1, -0.05) is 16.8 Å². The predicted octanol–water partition coefficient (Wildman–Crippen LogP) is 1.41. The minimum Gasteiger partial charge on any atom is -0.478 e. The molecular weight excluding hydrogens is 274 g/mol. The van der Waals surface area contributed by atoms with Crippen molar-refractivity contribution >= 4 is 23.5 Å². The monoisotopic (exact) mass is 281 g/mol. The first-order valence-corrected chi connectivity index (χ1v) is 5.44. The fourth-order valence-electron chi connectivity index (χ4n) is 1.45. The molecule has 19 heavy (non-hydrogen) atoms. The van der Waals surface area contributed by atoms with Gasteiger partial charge in [-0.05, 0) is 18.2 Å². The molecule has 98 valence electrons. The lowest BCUT2D eigenvalue weighted by Crippen LogP contribution is -2.06. The fourth-order valence-corrected chi connectivity index (χ4v) is 1.62. The molecule has 0 fully saturated rings. The molecule has 0 saturated carbocycles. The van der Waals surface area contributed by atoms with E-state index in [4.69, 9.17) is 16.7 Å². The molecule has 0 saturated heterocycles. The van der Waals surface area contributed by atoms with Gasteiger partial charge >= 0.3 is 11.9 Å². The molecule has 0 aliphatic carbocycles. The van der Waals surface area contributed by atoms with Gasteiger partial charge in [0.2, 0.25) is 0 Å². The summed E-state index contributed by atoms with van der Waals surface area (Å²) in [6.07, 6.45) is 1.27. The lowest BCUT2D eigenvalue weighted by Gasteiger charge is -2.05. The first-order valence-electron chi connectivity index (χ1n) is 5.07. The first kappa shape index (κ1) is 13.0. The van der Waals surface area contributed by atoms with E-state index in [0.717, 1.165) is 4.68 Å². The average Bonchev–Trinajstić information content (AvgIpc) is 2.86. The molecule has 1 N–H and O–H groups in total. The Hall–Kier alpha value is -2.41. The third-order valence-corrected chi connectivity index (χ3v) is 2.56.